The Hall–Kier alpha value is -1.79. The van der Waals surface area contributed by atoms with Gasteiger partial charge in [-0.1, -0.05) is 0 Å². The van der Waals surface area contributed by atoms with Crippen molar-refractivity contribution in [3.8, 4) is 0 Å². The first kappa shape index (κ1) is 12.3. The molecule has 0 spiro atoms. The number of hydrazine groups is 1. The number of carbonyl (C=O) groups is 2. The van der Waals surface area contributed by atoms with Gasteiger partial charge in [0.05, 0.1) is 11.3 Å². The van der Waals surface area contributed by atoms with Crippen molar-refractivity contribution < 1.29 is 14.7 Å². The number of anilines is 2. The highest BCUT2D eigenvalue weighted by atomic mass is 35.5. The molecule has 0 bridgehead atoms. The highest BCUT2D eigenvalue weighted by Gasteiger charge is 2.11. The van der Waals surface area contributed by atoms with Crippen molar-refractivity contribution in [3.63, 3.8) is 0 Å². The normalized spacial score (nSPS) is 9.62. The third-order valence-corrected chi connectivity index (χ3v) is 2.05. The number of hydrogen-bond donors (Lipinski definition) is 4. The van der Waals surface area contributed by atoms with Crippen LogP contribution in [0.2, 0.25) is 0 Å². The van der Waals surface area contributed by atoms with Crippen LogP contribution in [0, 0.1) is 0 Å². The number of nitrogen functional groups attached to an aromatic ring is 1. The van der Waals surface area contributed by atoms with Gasteiger partial charge in [0.1, 0.15) is 5.88 Å². The van der Waals surface area contributed by atoms with Crippen LogP contribution >= 0.6 is 11.6 Å². The van der Waals surface area contributed by atoms with Gasteiger partial charge in [-0.15, -0.1) is 11.6 Å². The summed E-state index contributed by atoms with van der Waals surface area (Å²) in [5, 5.41) is 11.3. The number of carboxylic acids is 1. The maximum absolute atomic E-state index is 11.0. The third kappa shape index (κ3) is 2.85. The van der Waals surface area contributed by atoms with E-state index < -0.39 is 11.9 Å². The van der Waals surface area contributed by atoms with Crippen LogP contribution in [0.1, 0.15) is 10.4 Å². The molecule has 1 amide bonds. The van der Waals surface area contributed by atoms with Crippen molar-refractivity contribution in [2.75, 3.05) is 16.6 Å². The average Bonchev–Trinajstić information content (AvgIpc) is 2.28. The van der Waals surface area contributed by atoms with Crippen LogP contribution < -0.4 is 16.6 Å². The lowest BCUT2D eigenvalue weighted by atomic mass is 10.1. The van der Waals surface area contributed by atoms with E-state index in [1.54, 1.807) is 0 Å². The minimum Gasteiger partial charge on any atom is -0.478 e. The fourth-order valence-corrected chi connectivity index (χ4v) is 1.19. The van der Waals surface area contributed by atoms with E-state index >= 15 is 0 Å². The molecule has 1 aromatic rings. The zero-order valence-electron chi connectivity index (χ0n) is 8.16. The third-order valence-electron chi connectivity index (χ3n) is 1.81. The second-order valence-corrected chi connectivity index (χ2v) is 3.16. The molecular weight excluding hydrogens is 234 g/mol. The number of carboxylic acid groups (broad SMARTS) is 1. The quantitative estimate of drug-likeness (QED) is 0.356. The van der Waals surface area contributed by atoms with Crippen LogP contribution in [0.3, 0.4) is 0 Å². The summed E-state index contributed by atoms with van der Waals surface area (Å²) in [6.45, 7) is 0. The summed E-state index contributed by atoms with van der Waals surface area (Å²) in [6.07, 6.45) is 0. The largest absolute Gasteiger partial charge is 0.478 e. The Morgan fingerprint density at radius 2 is 2.12 bits per heavy atom. The minimum absolute atomic E-state index is 0.0325. The number of amides is 1. The van der Waals surface area contributed by atoms with Crippen LogP contribution in [-0.4, -0.2) is 22.9 Å². The Balaban J connectivity index is 3.02. The van der Waals surface area contributed by atoms with Crippen molar-refractivity contribution in [1.29, 1.82) is 0 Å². The van der Waals surface area contributed by atoms with Gasteiger partial charge in [0, 0.05) is 5.69 Å². The van der Waals surface area contributed by atoms with E-state index in [4.69, 9.17) is 22.6 Å². The Bertz CT molecular complexity index is 422. The monoisotopic (exact) mass is 243 g/mol. The van der Waals surface area contributed by atoms with Crippen LogP contribution in [0.25, 0.3) is 0 Å². The predicted molar refractivity (Wildman–Crippen MR) is 60.6 cm³/mol. The van der Waals surface area contributed by atoms with E-state index in [0.717, 1.165) is 0 Å². The topological polar surface area (TPSA) is 104 Å². The van der Waals surface area contributed by atoms with E-state index in [0.29, 0.717) is 5.69 Å². The SMILES string of the molecule is NNc1ccc(NC(=O)CCl)cc1C(=O)O. The lowest BCUT2D eigenvalue weighted by molar-refractivity contribution is -0.113. The Kier molecular flexibility index (Phi) is 4.10. The second kappa shape index (κ2) is 5.34. The zero-order chi connectivity index (χ0) is 12.1. The van der Waals surface area contributed by atoms with Gasteiger partial charge in [0.25, 0.3) is 0 Å². The maximum Gasteiger partial charge on any atom is 0.337 e. The highest BCUT2D eigenvalue weighted by Crippen LogP contribution is 2.19. The fraction of sp³-hybridized carbons (Fsp3) is 0.111. The molecule has 1 aromatic carbocycles. The van der Waals surface area contributed by atoms with E-state index in [1.165, 1.54) is 18.2 Å². The maximum atomic E-state index is 11.0. The summed E-state index contributed by atoms with van der Waals surface area (Å²) in [4.78, 5) is 21.8. The summed E-state index contributed by atoms with van der Waals surface area (Å²) in [7, 11) is 0. The number of hydrogen-bond acceptors (Lipinski definition) is 4. The molecule has 5 N–H and O–H groups in total. The standard InChI is InChI=1S/C9H10ClN3O3/c10-4-8(14)12-5-1-2-7(13-11)6(3-5)9(15)16/h1-3,13H,4,11H2,(H,12,14)(H,15,16). The number of halogens is 1. The highest BCUT2D eigenvalue weighted by molar-refractivity contribution is 6.29. The van der Waals surface area contributed by atoms with Gasteiger partial charge in [0.2, 0.25) is 5.91 Å². The average molecular weight is 244 g/mol. The van der Waals surface area contributed by atoms with Gasteiger partial charge in [-0.3, -0.25) is 10.6 Å². The van der Waals surface area contributed by atoms with Gasteiger partial charge in [-0.25, -0.2) is 4.79 Å². The van der Waals surface area contributed by atoms with Crippen LogP contribution in [0.5, 0.6) is 0 Å². The number of benzene rings is 1. The fourth-order valence-electron chi connectivity index (χ4n) is 1.12. The van der Waals surface area contributed by atoms with Crippen LogP contribution in [0.15, 0.2) is 18.2 Å². The molecule has 0 radical (unpaired) electrons. The number of aromatic carboxylic acids is 1. The molecule has 0 aromatic heterocycles. The van der Waals surface area contributed by atoms with Crippen molar-refractivity contribution in [2.45, 2.75) is 0 Å². The minimum atomic E-state index is -1.14. The van der Waals surface area contributed by atoms with E-state index in [1.807, 2.05) is 0 Å². The molecule has 0 unspecified atom stereocenters. The Morgan fingerprint density at radius 3 is 2.62 bits per heavy atom. The summed E-state index contributed by atoms with van der Waals surface area (Å²) in [5.41, 5.74) is 2.83. The second-order valence-electron chi connectivity index (χ2n) is 2.89. The molecule has 0 saturated heterocycles. The van der Waals surface area contributed by atoms with Crippen molar-refractivity contribution in [3.05, 3.63) is 23.8 Å². The number of alkyl halides is 1. The molecule has 86 valence electrons. The molecule has 0 aliphatic carbocycles. The van der Waals surface area contributed by atoms with Crippen molar-refractivity contribution in [2.24, 2.45) is 5.84 Å². The van der Waals surface area contributed by atoms with Crippen LogP contribution in [-0.2, 0) is 4.79 Å². The van der Waals surface area contributed by atoms with Gasteiger partial charge in [0.15, 0.2) is 0 Å². The number of nitrogens with one attached hydrogen (secondary N) is 2. The lowest BCUT2D eigenvalue weighted by Crippen LogP contribution is -2.15. The number of rotatable bonds is 4. The van der Waals surface area contributed by atoms with Gasteiger partial charge in [-0.2, -0.15) is 0 Å². The van der Waals surface area contributed by atoms with E-state index in [-0.39, 0.29) is 17.1 Å². The molecule has 1 rings (SSSR count). The molecule has 0 aliphatic rings. The van der Waals surface area contributed by atoms with Gasteiger partial charge in [-0.05, 0) is 18.2 Å². The molecule has 7 heteroatoms. The summed E-state index contributed by atoms with van der Waals surface area (Å²) in [6, 6.07) is 4.27. The molecule has 0 aliphatic heterocycles. The first-order chi connectivity index (χ1) is 7.58. The Labute approximate surface area is 96.4 Å². The van der Waals surface area contributed by atoms with Crippen molar-refractivity contribution in [1.82, 2.24) is 0 Å². The number of carbonyl (C=O) groups excluding carboxylic acids is 1. The van der Waals surface area contributed by atoms with Gasteiger partial charge >= 0.3 is 5.97 Å². The molecule has 0 fully saturated rings. The first-order valence-corrected chi connectivity index (χ1v) is 4.81. The molecular formula is C9H10ClN3O3. The lowest BCUT2D eigenvalue weighted by Gasteiger charge is -2.08. The number of nitrogens with two attached hydrogens (primary N) is 1. The molecule has 6 nitrogen and oxygen atoms in total. The first-order valence-electron chi connectivity index (χ1n) is 4.28. The zero-order valence-corrected chi connectivity index (χ0v) is 8.91. The summed E-state index contributed by atoms with van der Waals surface area (Å²) < 4.78 is 0. The molecule has 0 atom stereocenters. The molecule has 0 heterocycles. The van der Waals surface area contributed by atoms with E-state index in [9.17, 15) is 9.59 Å². The molecule has 16 heavy (non-hydrogen) atoms. The Morgan fingerprint density at radius 1 is 1.44 bits per heavy atom. The van der Waals surface area contributed by atoms with Crippen LogP contribution in [0.4, 0.5) is 11.4 Å². The summed E-state index contributed by atoms with van der Waals surface area (Å²) in [5.74, 6) is 3.39. The van der Waals surface area contributed by atoms with Gasteiger partial charge < -0.3 is 15.8 Å². The molecule has 0 saturated carbocycles. The predicted octanol–water partition coefficient (Wildman–Crippen LogP) is 0.848. The smallest absolute Gasteiger partial charge is 0.337 e. The summed E-state index contributed by atoms with van der Waals surface area (Å²) >= 11 is 5.30. The van der Waals surface area contributed by atoms with Crippen molar-refractivity contribution >= 4 is 34.9 Å². The van der Waals surface area contributed by atoms with E-state index in [2.05, 4.69) is 10.7 Å².